The molecule has 1 saturated heterocycles. The van der Waals surface area contributed by atoms with Gasteiger partial charge >= 0.3 is 0 Å². The van der Waals surface area contributed by atoms with Gasteiger partial charge in [0.1, 0.15) is 0 Å². The second-order valence-corrected chi connectivity index (χ2v) is 11.2. The van der Waals surface area contributed by atoms with E-state index in [0.29, 0.717) is 0 Å². The van der Waals surface area contributed by atoms with Crippen molar-refractivity contribution in [1.82, 2.24) is 9.80 Å². The Kier molecular flexibility index (Phi) is 8.39. The maximum atomic E-state index is 2.63. The molecular weight excluding hydrogens is 432 g/mol. The van der Waals surface area contributed by atoms with Crippen LogP contribution in [0.4, 0.5) is 0 Å². The first-order valence-electron chi connectivity index (χ1n) is 13.1. The summed E-state index contributed by atoms with van der Waals surface area (Å²) in [5, 5.41) is 0. The maximum absolute atomic E-state index is 2.63. The van der Waals surface area contributed by atoms with Crippen LogP contribution in [0, 0.1) is 5.92 Å². The molecule has 0 bridgehead atoms. The van der Waals surface area contributed by atoms with Crippen molar-refractivity contribution < 1.29 is 0 Å². The highest BCUT2D eigenvalue weighted by Crippen LogP contribution is 2.29. The Balaban J connectivity index is 1.05. The predicted octanol–water partition coefficient (Wildman–Crippen LogP) is 6.68. The molecule has 34 heavy (non-hydrogen) atoms. The molecular formula is C31H38N2S. The standard InChI is InChI=1S/C31H38N2S/c1-3-7-27(8-4-1)24-32-18-13-26(14-19-32)17-22-34-31-12-11-29-15-20-33(21-16-30(29)23-31)25-28-9-5-2-6-10-28/h1-12,23,26H,13-22,24-25H2. The molecule has 178 valence electrons. The molecule has 0 aliphatic carbocycles. The zero-order valence-electron chi connectivity index (χ0n) is 20.4. The van der Waals surface area contributed by atoms with Crippen LogP contribution in [-0.2, 0) is 25.9 Å². The summed E-state index contributed by atoms with van der Waals surface area (Å²) in [6, 6.07) is 29.1. The van der Waals surface area contributed by atoms with Gasteiger partial charge < -0.3 is 0 Å². The second-order valence-electron chi connectivity index (χ2n) is 10.0. The second kappa shape index (κ2) is 12.1. The van der Waals surface area contributed by atoms with Crippen LogP contribution in [0.15, 0.2) is 83.8 Å². The average Bonchev–Trinajstić information content (AvgIpc) is 3.08. The van der Waals surface area contributed by atoms with Gasteiger partial charge in [0.2, 0.25) is 0 Å². The molecule has 3 aromatic rings. The minimum Gasteiger partial charge on any atom is -0.299 e. The van der Waals surface area contributed by atoms with Crippen LogP contribution in [0.1, 0.15) is 41.5 Å². The summed E-state index contributed by atoms with van der Waals surface area (Å²) in [4.78, 5) is 6.72. The van der Waals surface area contributed by atoms with Crippen molar-refractivity contribution >= 4 is 11.8 Å². The van der Waals surface area contributed by atoms with Gasteiger partial charge in [-0.2, -0.15) is 0 Å². The van der Waals surface area contributed by atoms with Gasteiger partial charge in [-0.15, -0.1) is 11.8 Å². The monoisotopic (exact) mass is 470 g/mol. The number of fused-ring (bicyclic) bond motifs is 1. The molecule has 1 fully saturated rings. The summed E-state index contributed by atoms with van der Waals surface area (Å²) >= 11 is 2.07. The molecule has 0 unspecified atom stereocenters. The number of hydrogen-bond donors (Lipinski definition) is 0. The SMILES string of the molecule is c1ccc(CN2CCc3ccc(SCCC4CCN(Cc5ccccc5)CC4)cc3CC2)cc1. The molecule has 3 aromatic carbocycles. The van der Waals surface area contributed by atoms with E-state index >= 15 is 0 Å². The summed E-state index contributed by atoms with van der Waals surface area (Å²) in [5.41, 5.74) is 6.01. The van der Waals surface area contributed by atoms with E-state index in [1.54, 1.807) is 11.1 Å². The quantitative estimate of drug-likeness (QED) is 0.339. The van der Waals surface area contributed by atoms with Crippen LogP contribution in [0.3, 0.4) is 0 Å². The molecule has 0 radical (unpaired) electrons. The van der Waals surface area contributed by atoms with Crippen LogP contribution in [0.5, 0.6) is 0 Å². The van der Waals surface area contributed by atoms with Gasteiger partial charge in [-0.1, -0.05) is 66.7 Å². The molecule has 0 aromatic heterocycles. The third-order valence-electron chi connectivity index (χ3n) is 7.57. The van der Waals surface area contributed by atoms with Gasteiger partial charge in [0.05, 0.1) is 0 Å². The van der Waals surface area contributed by atoms with Crippen molar-refractivity contribution in [2.45, 2.75) is 50.1 Å². The summed E-state index contributed by atoms with van der Waals surface area (Å²) in [6.45, 7) is 7.01. The van der Waals surface area contributed by atoms with Crippen LogP contribution in [0.25, 0.3) is 0 Å². The number of likely N-dealkylation sites (tertiary alicyclic amines) is 1. The van der Waals surface area contributed by atoms with E-state index in [0.717, 1.165) is 32.1 Å². The number of rotatable bonds is 8. The summed E-state index contributed by atoms with van der Waals surface area (Å²) in [6.07, 6.45) is 6.42. The topological polar surface area (TPSA) is 6.48 Å². The third kappa shape index (κ3) is 6.75. The van der Waals surface area contributed by atoms with Crippen molar-refractivity contribution in [3.8, 4) is 0 Å². The summed E-state index contributed by atoms with van der Waals surface area (Å²) in [5.74, 6) is 2.15. The molecule has 3 heteroatoms. The molecule has 0 atom stereocenters. The number of benzene rings is 3. The van der Waals surface area contributed by atoms with Crippen molar-refractivity contribution in [2.24, 2.45) is 5.92 Å². The Bertz CT molecular complexity index is 1010. The van der Waals surface area contributed by atoms with Gasteiger partial charge in [0, 0.05) is 31.1 Å². The van der Waals surface area contributed by atoms with E-state index in [-0.39, 0.29) is 0 Å². The van der Waals surface area contributed by atoms with E-state index in [1.807, 2.05) is 0 Å². The van der Waals surface area contributed by atoms with E-state index in [4.69, 9.17) is 0 Å². The summed E-state index contributed by atoms with van der Waals surface area (Å²) in [7, 11) is 0. The zero-order chi connectivity index (χ0) is 23.0. The first kappa shape index (κ1) is 23.7. The fourth-order valence-corrected chi connectivity index (χ4v) is 6.53. The fourth-order valence-electron chi connectivity index (χ4n) is 5.46. The highest BCUT2D eigenvalue weighted by atomic mass is 32.2. The summed E-state index contributed by atoms with van der Waals surface area (Å²) < 4.78 is 0. The highest BCUT2D eigenvalue weighted by Gasteiger charge is 2.19. The Morgan fingerprint density at radius 1 is 0.647 bits per heavy atom. The largest absolute Gasteiger partial charge is 0.299 e. The lowest BCUT2D eigenvalue weighted by atomic mass is 9.94. The van der Waals surface area contributed by atoms with E-state index in [9.17, 15) is 0 Å². The van der Waals surface area contributed by atoms with Crippen molar-refractivity contribution in [2.75, 3.05) is 31.9 Å². The lowest BCUT2D eigenvalue weighted by Crippen LogP contribution is -2.33. The van der Waals surface area contributed by atoms with Crippen LogP contribution in [-0.4, -0.2) is 41.7 Å². The van der Waals surface area contributed by atoms with E-state index < -0.39 is 0 Å². The van der Waals surface area contributed by atoms with Crippen LogP contribution >= 0.6 is 11.8 Å². The Labute approximate surface area is 210 Å². The Hall–Kier alpha value is -2.07. The average molecular weight is 471 g/mol. The Morgan fingerprint density at radius 3 is 1.88 bits per heavy atom. The normalized spacial score (nSPS) is 17.9. The van der Waals surface area contributed by atoms with Crippen LogP contribution in [0.2, 0.25) is 0 Å². The fraction of sp³-hybridized carbons (Fsp3) is 0.419. The van der Waals surface area contributed by atoms with E-state index in [2.05, 4.69) is 100 Å². The van der Waals surface area contributed by atoms with Crippen molar-refractivity contribution in [3.05, 3.63) is 101 Å². The van der Waals surface area contributed by atoms with Crippen molar-refractivity contribution in [3.63, 3.8) is 0 Å². The number of piperidine rings is 1. The molecule has 0 N–H and O–H groups in total. The first-order valence-corrected chi connectivity index (χ1v) is 14.1. The molecule has 0 saturated carbocycles. The number of nitrogens with zero attached hydrogens (tertiary/aromatic N) is 2. The van der Waals surface area contributed by atoms with Gasteiger partial charge in [-0.25, -0.2) is 0 Å². The zero-order valence-corrected chi connectivity index (χ0v) is 21.2. The number of thioether (sulfide) groups is 1. The minimum absolute atomic E-state index is 0.895. The van der Waals surface area contributed by atoms with Crippen molar-refractivity contribution in [1.29, 1.82) is 0 Å². The van der Waals surface area contributed by atoms with Gasteiger partial charge in [-0.3, -0.25) is 9.80 Å². The van der Waals surface area contributed by atoms with Gasteiger partial charge in [0.25, 0.3) is 0 Å². The lowest BCUT2D eigenvalue weighted by Gasteiger charge is -2.32. The lowest BCUT2D eigenvalue weighted by molar-refractivity contribution is 0.175. The van der Waals surface area contributed by atoms with Crippen LogP contribution < -0.4 is 0 Å². The molecule has 2 aliphatic heterocycles. The van der Waals surface area contributed by atoms with Gasteiger partial charge in [0.15, 0.2) is 0 Å². The molecule has 2 nitrogen and oxygen atoms in total. The van der Waals surface area contributed by atoms with Gasteiger partial charge in [-0.05, 0) is 91.3 Å². The first-order chi connectivity index (χ1) is 16.8. The highest BCUT2D eigenvalue weighted by molar-refractivity contribution is 7.99. The predicted molar refractivity (Wildman–Crippen MR) is 145 cm³/mol. The molecule has 0 amide bonds. The third-order valence-corrected chi connectivity index (χ3v) is 8.60. The molecule has 0 spiro atoms. The Morgan fingerprint density at radius 2 is 1.24 bits per heavy atom. The smallest absolute Gasteiger partial charge is 0.0233 e. The maximum Gasteiger partial charge on any atom is 0.0233 e. The number of hydrogen-bond acceptors (Lipinski definition) is 3. The molecule has 2 heterocycles. The molecule has 5 rings (SSSR count). The minimum atomic E-state index is 0.895. The van der Waals surface area contributed by atoms with E-state index in [1.165, 1.54) is 67.0 Å². The molecule has 2 aliphatic rings.